The van der Waals surface area contributed by atoms with Gasteiger partial charge in [0.15, 0.2) is 0 Å². The molecule has 2 aliphatic heterocycles. The van der Waals surface area contributed by atoms with E-state index >= 15 is 0 Å². The zero-order valence-corrected chi connectivity index (χ0v) is 11.0. The first-order valence-corrected chi connectivity index (χ1v) is 6.58. The lowest BCUT2D eigenvalue weighted by Crippen LogP contribution is -2.59. The van der Waals surface area contributed by atoms with Crippen molar-refractivity contribution in [3.63, 3.8) is 0 Å². The van der Waals surface area contributed by atoms with Crippen LogP contribution in [-0.4, -0.2) is 39.9 Å². The van der Waals surface area contributed by atoms with Crippen molar-refractivity contribution in [1.29, 1.82) is 0 Å². The maximum absolute atomic E-state index is 12.2. The first-order valence-electron chi connectivity index (χ1n) is 6.58. The van der Waals surface area contributed by atoms with E-state index in [-0.39, 0.29) is 24.3 Å². The largest absolute Gasteiger partial charge is 0.444 e. The lowest BCUT2D eigenvalue weighted by Gasteiger charge is -2.48. The molecule has 2 rings (SSSR count). The number of fused-ring (bicyclic) bond motifs is 2. The van der Waals surface area contributed by atoms with E-state index in [1.54, 1.807) is 4.90 Å². The number of nitrogens with zero attached hydrogens (tertiary/aromatic N) is 1. The normalized spacial score (nSPS) is 33.4. The average molecular weight is 241 g/mol. The highest BCUT2D eigenvalue weighted by molar-refractivity contribution is 5.69. The van der Waals surface area contributed by atoms with Gasteiger partial charge < -0.3 is 9.84 Å². The van der Waals surface area contributed by atoms with Gasteiger partial charge in [-0.3, -0.25) is 4.90 Å². The van der Waals surface area contributed by atoms with Gasteiger partial charge in [-0.1, -0.05) is 0 Å². The Balaban J connectivity index is 2.10. The number of hydrogen-bond donors (Lipinski definition) is 1. The Hall–Kier alpha value is -0.770. The van der Waals surface area contributed by atoms with Crippen LogP contribution in [0.2, 0.25) is 0 Å². The third-order valence-electron chi connectivity index (χ3n) is 3.63. The number of amides is 1. The fraction of sp³-hybridized carbons (Fsp3) is 0.923. The first kappa shape index (κ1) is 12.7. The Kier molecular flexibility index (Phi) is 3.34. The molecule has 0 unspecified atom stereocenters. The van der Waals surface area contributed by atoms with Crippen molar-refractivity contribution in [3.8, 4) is 0 Å². The highest BCUT2D eigenvalue weighted by Gasteiger charge is 2.43. The highest BCUT2D eigenvalue weighted by atomic mass is 16.6. The molecule has 2 heterocycles. The van der Waals surface area contributed by atoms with Crippen LogP contribution >= 0.6 is 0 Å². The number of carbonyl (C=O) groups is 1. The van der Waals surface area contributed by atoms with Gasteiger partial charge in [0, 0.05) is 6.04 Å². The minimum atomic E-state index is -0.465. The van der Waals surface area contributed by atoms with Crippen LogP contribution in [0.25, 0.3) is 0 Å². The summed E-state index contributed by atoms with van der Waals surface area (Å²) in [6.07, 6.45) is 4.13. The van der Waals surface area contributed by atoms with Gasteiger partial charge in [-0.05, 0) is 52.9 Å². The van der Waals surface area contributed by atoms with Crippen molar-refractivity contribution in [2.45, 2.75) is 76.7 Å². The molecule has 2 bridgehead atoms. The minimum Gasteiger partial charge on any atom is -0.444 e. The molecule has 17 heavy (non-hydrogen) atoms. The van der Waals surface area contributed by atoms with Crippen LogP contribution in [0.3, 0.4) is 0 Å². The monoisotopic (exact) mass is 241 g/mol. The maximum atomic E-state index is 12.2. The Bertz CT molecular complexity index is 298. The van der Waals surface area contributed by atoms with Crippen molar-refractivity contribution in [2.75, 3.05) is 0 Å². The fourth-order valence-corrected chi connectivity index (χ4v) is 2.93. The van der Waals surface area contributed by atoms with Gasteiger partial charge in [0.2, 0.25) is 0 Å². The Morgan fingerprint density at radius 2 is 1.94 bits per heavy atom. The van der Waals surface area contributed by atoms with Crippen LogP contribution in [0.15, 0.2) is 0 Å². The molecule has 1 amide bonds. The molecule has 0 saturated carbocycles. The van der Waals surface area contributed by atoms with Crippen molar-refractivity contribution in [3.05, 3.63) is 0 Å². The van der Waals surface area contributed by atoms with Crippen molar-refractivity contribution >= 4 is 6.09 Å². The molecule has 0 aliphatic carbocycles. The lowest BCUT2D eigenvalue weighted by atomic mass is 9.83. The molecule has 3 atom stereocenters. The second-order valence-corrected chi connectivity index (χ2v) is 6.18. The van der Waals surface area contributed by atoms with Crippen LogP contribution in [0.4, 0.5) is 4.79 Å². The van der Waals surface area contributed by atoms with E-state index in [0.29, 0.717) is 0 Å². The molecule has 2 saturated heterocycles. The van der Waals surface area contributed by atoms with Crippen LogP contribution in [-0.2, 0) is 4.74 Å². The van der Waals surface area contributed by atoms with Gasteiger partial charge >= 0.3 is 6.09 Å². The van der Waals surface area contributed by atoms with Gasteiger partial charge in [-0.15, -0.1) is 0 Å². The molecule has 2 aliphatic rings. The molecular formula is C13H23NO3. The molecule has 4 heteroatoms. The topological polar surface area (TPSA) is 49.8 Å². The van der Waals surface area contributed by atoms with Crippen molar-refractivity contribution in [2.24, 2.45) is 0 Å². The second-order valence-electron chi connectivity index (χ2n) is 6.18. The SMILES string of the molecule is CC(C)(C)OC(=O)N1[C@@H]2CCC[C@H]1[C@@H](O)CC2. The number of aliphatic hydroxyl groups excluding tert-OH is 1. The van der Waals surface area contributed by atoms with E-state index in [9.17, 15) is 9.90 Å². The number of piperidine rings is 2. The maximum Gasteiger partial charge on any atom is 0.410 e. The molecule has 0 aromatic carbocycles. The van der Waals surface area contributed by atoms with Gasteiger partial charge in [0.25, 0.3) is 0 Å². The summed E-state index contributed by atoms with van der Waals surface area (Å²) >= 11 is 0. The quantitative estimate of drug-likeness (QED) is 0.708. The zero-order valence-electron chi connectivity index (χ0n) is 11.0. The summed E-state index contributed by atoms with van der Waals surface area (Å²) in [4.78, 5) is 14.0. The van der Waals surface area contributed by atoms with Crippen LogP contribution in [0, 0.1) is 0 Å². The highest BCUT2D eigenvalue weighted by Crippen LogP contribution is 2.35. The third-order valence-corrected chi connectivity index (χ3v) is 3.63. The van der Waals surface area contributed by atoms with E-state index in [1.165, 1.54) is 0 Å². The van der Waals surface area contributed by atoms with Crippen LogP contribution < -0.4 is 0 Å². The number of carbonyl (C=O) groups excluding carboxylic acids is 1. The van der Waals surface area contributed by atoms with E-state index in [4.69, 9.17) is 4.74 Å². The number of hydrogen-bond acceptors (Lipinski definition) is 3. The molecule has 2 fully saturated rings. The van der Waals surface area contributed by atoms with E-state index in [2.05, 4.69) is 0 Å². The van der Waals surface area contributed by atoms with Crippen molar-refractivity contribution in [1.82, 2.24) is 4.90 Å². The summed E-state index contributed by atoms with van der Waals surface area (Å²) < 4.78 is 5.44. The molecule has 0 spiro atoms. The Morgan fingerprint density at radius 3 is 2.59 bits per heavy atom. The van der Waals surface area contributed by atoms with E-state index in [0.717, 1.165) is 32.1 Å². The van der Waals surface area contributed by atoms with Crippen molar-refractivity contribution < 1.29 is 14.6 Å². The third kappa shape index (κ3) is 2.73. The van der Waals surface area contributed by atoms with Crippen LogP contribution in [0.1, 0.15) is 52.9 Å². The summed E-state index contributed by atoms with van der Waals surface area (Å²) in [6, 6.07) is 0.240. The lowest BCUT2D eigenvalue weighted by molar-refractivity contribution is -0.0605. The standard InChI is InChI=1S/C13H23NO3/c1-13(2,3)17-12(16)14-9-5-4-6-10(14)11(15)8-7-9/h9-11,15H,4-8H2,1-3H3/t9-,10+,11+/m1/s1. The summed E-state index contributed by atoms with van der Waals surface area (Å²) in [6.45, 7) is 5.63. The van der Waals surface area contributed by atoms with Crippen LogP contribution in [0.5, 0.6) is 0 Å². The molecular weight excluding hydrogens is 218 g/mol. The molecule has 98 valence electrons. The predicted molar refractivity (Wildman–Crippen MR) is 64.7 cm³/mol. The Morgan fingerprint density at radius 1 is 1.24 bits per heavy atom. The van der Waals surface area contributed by atoms with Gasteiger partial charge in [0.05, 0.1) is 12.1 Å². The zero-order chi connectivity index (χ0) is 12.6. The van der Waals surface area contributed by atoms with E-state index < -0.39 is 5.60 Å². The predicted octanol–water partition coefficient (Wildman–Crippen LogP) is 2.30. The summed E-state index contributed by atoms with van der Waals surface area (Å²) in [5.41, 5.74) is -0.465. The average Bonchev–Trinajstić information content (AvgIpc) is 2.21. The molecule has 0 aromatic heterocycles. The number of ether oxygens (including phenoxy) is 1. The molecule has 4 nitrogen and oxygen atoms in total. The van der Waals surface area contributed by atoms with E-state index in [1.807, 2.05) is 20.8 Å². The summed E-state index contributed by atoms with van der Waals surface area (Å²) in [7, 11) is 0. The number of rotatable bonds is 0. The number of aliphatic hydroxyl groups is 1. The smallest absolute Gasteiger partial charge is 0.410 e. The second kappa shape index (κ2) is 4.48. The summed E-state index contributed by atoms with van der Waals surface area (Å²) in [5, 5.41) is 9.99. The Labute approximate surface area is 103 Å². The molecule has 0 radical (unpaired) electrons. The van der Waals surface area contributed by atoms with Gasteiger partial charge in [0.1, 0.15) is 5.60 Å². The fourth-order valence-electron chi connectivity index (χ4n) is 2.93. The molecule has 1 N–H and O–H groups in total. The molecule has 0 aromatic rings. The van der Waals surface area contributed by atoms with Gasteiger partial charge in [-0.25, -0.2) is 4.79 Å². The first-order chi connectivity index (χ1) is 7.88. The van der Waals surface area contributed by atoms with Gasteiger partial charge in [-0.2, -0.15) is 0 Å². The minimum absolute atomic E-state index is 0.0302. The summed E-state index contributed by atoms with van der Waals surface area (Å²) in [5.74, 6) is 0.